The molecule has 2 unspecified atom stereocenters. The summed E-state index contributed by atoms with van der Waals surface area (Å²) in [5.41, 5.74) is 0.922. The second-order valence-electron chi connectivity index (χ2n) is 6.76. The van der Waals surface area contributed by atoms with Crippen LogP contribution in [0.1, 0.15) is 50.5 Å². The van der Waals surface area contributed by atoms with Crippen molar-refractivity contribution in [1.29, 1.82) is 0 Å². The van der Waals surface area contributed by atoms with Gasteiger partial charge in [-0.05, 0) is 32.1 Å². The minimum Gasteiger partial charge on any atom is -0.378 e. The minimum atomic E-state index is -0.118. The maximum atomic E-state index is 12.8. The number of piperidine rings is 1. The molecule has 2 fully saturated rings. The molecule has 132 valence electrons. The third-order valence-electron chi connectivity index (χ3n) is 5.01. The first-order valence-corrected chi connectivity index (χ1v) is 9.11. The molecule has 0 radical (unpaired) electrons. The predicted octanol–water partition coefficient (Wildman–Crippen LogP) is 3.36. The van der Waals surface area contributed by atoms with E-state index in [0.717, 1.165) is 50.8 Å². The highest BCUT2D eigenvalue weighted by molar-refractivity contribution is 5.77. The molecule has 25 heavy (non-hydrogen) atoms. The summed E-state index contributed by atoms with van der Waals surface area (Å²) in [4.78, 5) is 19.2. The summed E-state index contributed by atoms with van der Waals surface area (Å²) in [6, 6.07) is 9.64. The number of nitrogens with zero attached hydrogens (tertiary/aromatic N) is 3. The first-order valence-electron chi connectivity index (χ1n) is 9.11. The Hall–Kier alpha value is -2.21. The van der Waals surface area contributed by atoms with Crippen molar-refractivity contribution in [3.8, 4) is 11.4 Å². The van der Waals surface area contributed by atoms with E-state index in [0.29, 0.717) is 18.1 Å². The third-order valence-corrected chi connectivity index (χ3v) is 5.01. The lowest BCUT2D eigenvalue weighted by atomic mass is 10.0. The molecule has 0 saturated carbocycles. The first kappa shape index (κ1) is 16.3. The van der Waals surface area contributed by atoms with Crippen molar-refractivity contribution in [2.75, 3.05) is 13.2 Å². The van der Waals surface area contributed by atoms with Crippen LogP contribution in [0.3, 0.4) is 0 Å². The van der Waals surface area contributed by atoms with Gasteiger partial charge in [-0.25, -0.2) is 0 Å². The fourth-order valence-corrected chi connectivity index (χ4v) is 3.68. The zero-order chi connectivity index (χ0) is 17.1. The number of carbonyl (C=O) groups excluding carboxylic acids is 1. The van der Waals surface area contributed by atoms with E-state index in [-0.39, 0.29) is 18.1 Å². The van der Waals surface area contributed by atoms with Crippen LogP contribution < -0.4 is 0 Å². The van der Waals surface area contributed by atoms with E-state index < -0.39 is 0 Å². The molecule has 1 aromatic carbocycles. The van der Waals surface area contributed by atoms with Gasteiger partial charge in [0.25, 0.3) is 0 Å². The molecule has 6 heteroatoms. The topological polar surface area (TPSA) is 68.5 Å². The molecule has 0 aliphatic carbocycles. The number of hydrogen-bond donors (Lipinski definition) is 0. The molecule has 6 nitrogen and oxygen atoms in total. The summed E-state index contributed by atoms with van der Waals surface area (Å²) < 4.78 is 11.1. The molecule has 0 spiro atoms. The highest BCUT2D eigenvalue weighted by Crippen LogP contribution is 2.32. The lowest BCUT2D eigenvalue weighted by molar-refractivity contribution is -0.138. The Morgan fingerprint density at radius 2 is 2.04 bits per heavy atom. The molecule has 2 aliphatic rings. The largest absolute Gasteiger partial charge is 0.378 e. The van der Waals surface area contributed by atoms with Gasteiger partial charge in [-0.3, -0.25) is 4.79 Å². The van der Waals surface area contributed by atoms with Crippen LogP contribution in [0, 0.1) is 0 Å². The van der Waals surface area contributed by atoms with Crippen molar-refractivity contribution >= 4 is 5.91 Å². The predicted molar refractivity (Wildman–Crippen MR) is 91.6 cm³/mol. The quantitative estimate of drug-likeness (QED) is 0.853. The summed E-state index contributed by atoms with van der Waals surface area (Å²) in [5, 5.41) is 4.11. The molecule has 2 atom stereocenters. The van der Waals surface area contributed by atoms with E-state index in [1.54, 1.807) is 0 Å². The maximum Gasteiger partial charge on any atom is 0.249 e. The molecule has 1 aromatic heterocycles. The summed E-state index contributed by atoms with van der Waals surface area (Å²) in [7, 11) is 0. The second-order valence-corrected chi connectivity index (χ2v) is 6.76. The Labute approximate surface area is 147 Å². The van der Waals surface area contributed by atoms with Crippen LogP contribution >= 0.6 is 0 Å². The summed E-state index contributed by atoms with van der Waals surface area (Å²) in [5.74, 6) is 1.25. The molecule has 0 N–H and O–H groups in total. The van der Waals surface area contributed by atoms with Gasteiger partial charge in [0.05, 0.1) is 12.5 Å². The monoisotopic (exact) mass is 341 g/mol. The van der Waals surface area contributed by atoms with E-state index in [9.17, 15) is 4.79 Å². The van der Waals surface area contributed by atoms with Gasteiger partial charge in [0.15, 0.2) is 0 Å². The van der Waals surface area contributed by atoms with Crippen LogP contribution in [0.15, 0.2) is 34.9 Å². The van der Waals surface area contributed by atoms with Gasteiger partial charge in [-0.1, -0.05) is 35.5 Å². The number of ether oxygens (including phenoxy) is 1. The third kappa shape index (κ3) is 3.58. The maximum absolute atomic E-state index is 12.8. The van der Waals surface area contributed by atoms with Crippen LogP contribution in [0.25, 0.3) is 11.4 Å². The fourth-order valence-electron chi connectivity index (χ4n) is 3.68. The highest BCUT2D eigenvalue weighted by atomic mass is 16.5. The SMILES string of the molecule is O=C(CC1CCCO1)N1CCCCC1c1nc(-c2ccccc2)no1. The lowest BCUT2D eigenvalue weighted by Crippen LogP contribution is -2.40. The second kappa shape index (κ2) is 7.35. The number of hydrogen-bond acceptors (Lipinski definition) is 5. The molecular formula is C19H23N3O3. The number of amides is 1. The Kier molecular flexibility index (Phi) is 4.78. The average Bonchev–Trinajstić information content (AvgIpc) is 3.34. The van der Waals surface area contributed by atoms with Gasteiger partial charge in [0, 0.05) is 18.7 Å². The number of likely N-dealkylation sites (tertiary alicyclic amines) is 1. The zero-order valence-corrected chi connectivity index (χ0v) is 14.3. The van der Waals surface area contributed by atoms with Crippen LogP contribution in [0.2, 0.25) is 0 Å². The van der Waals surface area contributed by atoms with E-state index in [1.807, 2.05) is 35.2 Å². The summed E-state index contributed by atoms with van der Waals surface area (Å²) in [6.07, 6.45) is 5.50. The first-order chi connectivity index (χ1) is 12.3. The molecule has 1 amide bonds. The van der Waals surface area contributed by atoms with Gasteiger partial charge in [-0.2, -0.15) is 4.98 Å². The Bertz CT molecular complexity index is 710. The molecule has 3 heterocycles. The minimum absolute atomic E-state index is 0.0673. The zero-order valence-electron chi connectivity index (χ0n) is 14.3. The van der Waals surface area contributed by atoms with Crippen LogP contribution in [0.4, 0.5) is 0 Å². The molecule has 2 saturated heterocycles. The van der Waals surface area contributed by atoms with Crippen molar-refractivity contribution in [3.63, 3.8) is 0 Å². The van der Waals surface area contributed by atoms with Crippen LogP contribution in [-0.2, 0) is 9.53 Å². The Morgan fingerprint density at radius 3 is 2.84 bits per heavy atom. The molecule has 0 bridgehead atoms. The fraction of sp³-hybridized carbons (Fsp3) is 0.526. The van der Waals surface area contributed by atoms with E-state index >= 15 is 0 Å². The van der Waals surface area contributed by atoms with E-state index in [2.05, 4.69) is 10.1 Å². The van der Waals surface area contributed by atoms with Crippen molar-refractivity contribution in [2.45, 2.75) is 50.7 Å². The summed E-state index contributed by atoms with van der Waals surface area (Å²) in [6.45, 7) is 1.52. The van der Waals surface area contributed by atoms with Gasteiger partial charge in [0.2, 0.25) is 17.6 Å². The van der Waals surface area contributed by atoms with Crippen LogP contribution in [0.5, 0.6) is 0 Å². The average molecular weight is 341 g/mol. The van der Waals surface area contributed by atoms with Crippen LogP contribution in [-0.4, -0.2) is 40.2 Å². The number of carbonyl (C=O) groups is 1. The molecular weight excluding hydrogens is 318 g/mol. The number of rotatable bonds is 4. The highest BCUT2D eigenvalue weighted by Gasteiger charge is 2.33. The van der Waals surface area contributed by atoms with E-state index in [4.69, 9.17) is 9.26 Å². The van der Waals surface area contributed by atoms with Crippen molar-refractivity contribution < 1.29 is 14.1 Å². The molecule has 4 rings (SSSR count). The molecule has 2 aromatic rings. The number of aromatic nitrogens is 2. The van der Waals surface area contributed by atoms with Gasteiger partial charge < -0.3 is 14.2 Å². The molecule has 2 aliphatic heterocycles. The standard InChI is InChI=1S/C19H23N3O3/c23-17(13-15-9-6-12-24-15)22-11-5-4-10-16(22)19-20-18(21-25-19)14-7-2-1-3-8-14/h1-3,7-8,15-16H,4-6,9-13H2. The summed E-state index contributed by atoms with van der Waals surface area (Å²) >= 11 is 0. The Morgan fingerprint density at radius 1 is 1.16 bits per heavy atom. The van der Waals surface area contributed by atoms with Crippen molar-refractivity contribution in [2.24, 2.45) is 0 Å². The number of benzene rings is 1. The van der Waals surface area contributed by atoms with E-state index in [1.165, 1.54) is 0 Å². The van der Waals surface area contributed by atoms with Gasteiger partial charge >= 0.3 is 0 Å². The normalized spacial score (nSPS) is 23.8. The van der Waals surface area contributed by atoms with Crippen molar-refractivity contribution in [1.82, 2.24) is 15.0 Å². The van der Waals surface area contributed by atoms with Gasteiger partial charge in [0.1, 0.15) is 6.04 Å². The Balaban J connectivity index is 1.51. The van der Waals surface area contributed by atoms with Gasteiger partial charge in [-0.15, -0.1) is 0 Å². The van der Waals surface area contributed by atoms with Crippen molar-refractivity contribution in [3.05, 3.63) is 36.2 Å². The smallest absolute Gasteiger partial charge is 0.249 e. The lowest BCUT2D eigenvalue weighted by Gasteiger charge is -2.34.